The molecular weight excluding hydrogens is 373 g/mol. The number of H-pyrrole nitrogens is 1. The molecule has 2 rings (SSSR count). The lowest BCUT2D eigenvalue weighted by atomic mass is 10.0. The van der Waals surface area contributed by atoms with Crippen LogP contribution in [0, 0.1) is 21.8 Å². The van der Waals surface area contributed by atoms with Gasteiger partial charge in [-0.05, 0) is 47.4 Å². The predicted octanol–water partition coefficient (Wildman–Crippen LogP) is 2.94. The van der Waals surface area contributed by atoms with Crippen LogP contribution < -0.4 is 5.56 Å². The highest BCUT2D eigenvalue weighted by atomic mass is 127. The third-order valence-electron chi connectivity index (χ3n) is 2.73. The van der Waals surface area contributed by atoms with Crippen LogP contribution >= 0.6 is 34.4 Å². The van der Waals surface area contributed by atoms with Crippen molar-refractivity contribution in [1.29, 1.82) is 5.26 Å². The number of hydrogen-bond donors (Lipinski definition) is 1. The van der Waals surface area contributed by atoms with E-state index >= 15 is 0 Å². The maximum atomic E-state index is 11.9. The van der Waals surface area contributed by atoms with E-state index in [-0.39, 0.29) is 5.56 Å². The zero-order valence-electron chi connectivity index (χ0n) is 10.3. The third-order valence-corrected chi connectivity index (χ3v) is 4.47. The Bertz CT molecular complexity index is 734. The molecule has 0 amide bonds. The number of nitriles is 1. The van der Waals surface area contributed by atoms with E-state index in [0.29, 0.717) is 10.9 Å². The van der Waals surface area contributed by atoms with Gasteiger partial charge in [-0.1, -0.05) is 23.9 Å². The Kier molecular flexibility index (Phi) is 4.27. The van der Waals surface area contributed by atoms with Crippen molar-refractivity contribution in [3.63, 3.8) is 0 Å². The van der Waals surface area contributed by atoms with Crippen molar-refractivity contribution in [2.75, 3.05) is 6.26 Å². The van der Waals surface area contributed by atoms with E-state index in [0.717, 1.165) is 14.7 Å². The SMILES string of the molecule is CSc1nc(-c2cccc(I)c2C)c(C#N)c(=O)[nH]1. The smallest absolute Gasteiger partial charge is 0.270 e. The molecule has 0 unspecified atom stereocenters. The van der Waals surface area contributed by atoms with Gasteiger partial charge in [0.05, 0.1) is 5.69 Å². The van der Waals surface area contributed by atoms with Gasteiger partial charge in [-0.2, -0.15) is 5.26 Å². The second-order valence-corrected chi connectivity index (χ2v) is 5.78. The molecule has 1 aromatic heterocycles. The number of thioether (sulfide) groups is 1. The summed E-state index contributed by atoms with van der Waals surface area (Å²) in [6, 6.07) is 7.70. The quantitative estimate of drug-likeness (QED) is 0.492. The van der Waals surface area contributed by atoms with Gasteiger partial charge in [0.1, 0.15) is 11.6 Å². The van der Waals surface area contributed by atoms with Gasteiger partial charge in [0.2, 0.25) is 0 Å². The van der Waals surface area contributed by atoms with Crippen molar-refractivity contribution in [2.45, 2.75) is 12.1 Å². The van der Waals surface area contributed by atoms with Crippen molar-refractivity contribution in [3.05, 3.63) is 43.2 Å². The molecule has 0 spiro atoms. The third kappa shape index (κ3) is 2.67. The molecule has 0 saturated heterocycles. The molecule has 0 aliphatic carbocycles. The fourth-order valence-corrected chi connectivity index (χ4v) is 2.59. The minimum atomic E-state index is -0.393. The first-order valence-electron chi connectivity index (χ1n) is 5.42. The summed E-state index contributed by atoms with van der Waals surface area (Å²) in [4.78, 5) is 18.9. The van der Waals surface area contributed by atoms with Crippen LogP contribution in [-0.2, 0) is 0 Å². The molecule has 19 heavy (non-hydrogen) atoms. The lowest BCUT2D eigenvalue weighted by Crippen LogP contribution is -2.15. The number of rotatable bonds is 2. The minimum Gasteiger partial charge on any atom is -0.300 e. The maximum Gasteiger partial charge on any atom is 0.270 e. The van der Waals surface area contributed by atoms with Gasteiger partial charge in [-0.15, -0.1) is 0 Å². The van der Waals surface area contributed by atoms with Crippen LogP contribution in [0.3, 0.4) is 0 Å². The monoisotopic (exact) mass is 383 g/mol. The first kappa shape index (κ1) is 14.1. The van der Waals surface area contributed by atoms with Crippen molar-refractivity contribution in [3.8, 4) is 17.3 Å². The standard InChI is InChI=1S/C13H10IN3OS/c1-7-8(4-3-5-10(7)14)11-9(6-15)12(18)17-13(16-11)19-2/h3-5H,1-2H3,(H,16,17,18). The predicted molar refractivity (Wildman–Crippen MR) is 84.2 cm³/mol. The van der Waals surface area contributed by atoms with E-state index in [1.807, 2.05) is 37.4 Å². The molecule has 2 aromatic rings. The summed E-state index contributed by atoms with van der Waals surface area (Å²) < 4.78 is 1.08. The number of aromatic amines is 1. The second kappa shape index (κ2) is 5.75. The van der Waals surface area contributed by atoms with Crippen LogP contribution in [0.25, 0.3) is 11.3 Å². The largest absolute Gasteiger partial charge is 0.300 e. The summed E-state index contributed by atoms with van der Waals surface area (Å²) >= 11 is 3.57. The molecule has 0 radical (unpaired) electrons. The maximum absolute atomic E-state index is 11.9. The van der Waals surface area contributed by atoms with Gasteiger partial charge in [0.15, 0.2) is 5.16 Å². The topological polar surface area (TPSA) is 69.5 Å². The normalized spacial score (nSPS) is 10.2. The molecule has 0 aliphatic rings. The van der Waals surface area contributed by atoms with E-state index in [9.17, 15) is 4.79 Å². The molecule has 1 N–H and O–H groups in total. The molecular formula is C13H10IN3OS. The van der Waals surface area contributed by atoms with Gasteiger partial charge in [0.25, 0.3) is 5.56 Å². The molecule has 0 fully saturated rings. The Morgan fingerprint density at radius 1 is 1.47 bits per heavy atom. The zero-order valence-corrected chi connectivity index (χ0v) is 13.3. The highest BCUT2D eigenvalue weighted by Gasteiger charge is 2.15. The van der Waals surface area contributed by atoms with Crippen LogP contribution in [0.1, 0.15) is 11.1 Å². The van der Waals surface area contributed by atoms with Crippen molar-refractivity contribution in [1.82, 2.24) is 9.97 Å². The number of aromatic nitrogens is 2. The molecule has 4 nitrogen and oxygen atoms in total. The zero-order chi connectivity index (χ0) is 14.0. The van der Waals surface area contributed by atoms with Gasteiger partial charge in [-0.3, -0.25) is 4.79 Å². The second-order valence-electron chi connectivity index (χ2n) is 3.82. The number of halogens is 1. The fourth-order valence-electron chi connectivity index (χ4n) is 1.71. The Labute approximate surface area is 128 Å². The van der Waals surface area contributed by atoms with Crippen molar-refractivity contribution in [2.24, 2.45) is 0 Å². The Hall–Kier alpha value is -1.33. The molecule has 1 aromatic carbocycles. The summed E-state index contributed by atoms with van der Waals surface area (Å²) in [6.45, 7) is 1.96. The van der Waals surface area contributed by atoms with Gasteiger partial charge in [0, 0.05) is 9.13 Å². The summed E-state index contributed by atoms with van der Waals surface area (Å²) in [5.74, 6) is 0. The van der Waals surface area contributed by atoms with E-state index in [4.69, 9.17) is 5.26 Å². The molecule has 1 heterocycles. The van der Waals surface area contributed by atoms with Crippen molar-refractivity contribution >= 4 is 34.4 Å². The highest BCUT2D eigenvalue weighted by Crippen LogP contribution is 2.27. The van der Waals surface area contributed by atoms with Crippen LogP contribution in [0.15, 0.2) is 28.2 Å². The molecule has 0 bridgehead atoms. The van der Waals surface area contributed by atoms with Gasteiger partial charge >= 0.3 is 0 Å². The summed E-state index contributed by atoms with van der Waals surface area (Å²) in [5, 5.41) is 9.68. The van der Waals surface area contributed by atoms with Crippen LogP contribution in [0.4, 0.5) is 0 Å². The van der Waals surface area contributed by atoms with E-state index in [1.165, 1.54) is 11.8 Å². The lowest BCUT2D eigenvalue weighted by Gasteiger charge is -2.09. The Balaban J connectivity index is 2.81. The van der Waals surface area contributed by atoms with E-state index in [1.54, 1.807) is 0 Å². The Morgan fingerprint density at radius 2 is 2.21 bits per heavy atom. The van der Waals surface area contributed by atoms with Crippen LogP contribution in [-0.4, -0.2) is 16.2 Å². The number of hydrogen-bond acceptors (Lipinski definition) is 4. The van der Waals surface area contributed by atoms with Crippen LogP contribution in [0.5, 0.6) is 0 Å². The number of benzene rings is 1. The molecule has 0 saturated carbocycles. The first-order valence-corrected chi connectivity index (χ1v) is 7.72. The molecule has 6 heteroatoms. The van der Waals surface area contributed by atoms with Gasteiger partial charge < -0.3 is 4.98 Å². The highest BCUT2D eigenvalue weighted by molar-refractivity contribution is 14.1. The van der Waals surface area contributed by atoms with Gasteiger partial charge in [-0.25, -0.2) is 4.98 Å². The van der Waals surface area contributed by atoms with Crippen LogP contribution in [0.2, 0.25) is 0 Å². The number of nitrogens with one attached hydrogen (secondary N) is 1. The molecule has 0 aliphatic heterocycles. The number of nitrogens with zero attached hydrogens (tertiary/aromatic N) is 2. The average Bonchev–Trinajstić information content (AvgIpc) is 2.41. The Morgan fingerprint density at radius 3 is 2.84 bits per heavy atom. The lowest BCUT2D eigenvalue weighted by molar-refractivity contribution is 0.936. The van der Waals surface area contributed by atoms with Crippen molar-refractivity contribution < 1.29 is 0 Å². The summed E-state index contributed by atoms with van der Waals surface area (Å²) in [7, 11) is 0. The van der Waals surface area contributed by atoms with E-state index in [2.05, 4.69) is 32.6 Å². The van der Waals surface area contributed by atoms with E-state index < -0.39 is 5.56 Å². The first-order chi connectivity index (χ1) is 9.08. The minimum absolute atomic E-state index is 0.0582. The molecule has 96 valence electrons. The summed E-state index contributed by atoms with van der Waals surface area (Å²) in [5.41, 5.74) is 1.96. The molecule has 0 atom stereocenters. The average molecular weight is 383 g/mol. The summed E-state index contributed by atoms with van der Waals surface area (Å²) in [6.07, 6.45) is 1.83. The fraction of sp³-hybridized carbons (Fsp3) is 0.154.